The number of hydrogen-bond donors (Lipinski definition) is 0. The van der Waals surface area contributed by atoms with Crippen LogP contribution in [0.25, 0.3) is 11.6 Å². The molecule has 0 amide bonds. The second-order valence-corrected chi connectivity index (χ2v) is 7.73. The number of nitriles is 1. The summed E-state index contributed by atoms with van der Waals surface area (Å²) in [5.74, 6) is 0.410. The average Bonchev–Trinajstić information content (AvgIpc) is 2.72. The van der Waals surface area contributed by atoms with Crippen molar-refractivity contribution in [2.45, 2.75) is 13.5 Å². The second-order valence-electron chi connectivity index (χ2n) is 6.48. The first-order valence-corrected chi connectivity index (χ1v) is 10.5. The van der Waals surface area contributed by atoms with E-state index < -0.39 is 0 Å². The third-order valence-corrected chi connectivity index (χ3v) is 5.09. The molecule has 0 aliphatic rings. The van der Waals surface area contributed by atoms with Crippen molar-refractivity contribution >= 4 is 46.5 Å². The minimum atomic E-state index is -0.345. The van der Waals surface area contributed by atoms with Crippen LogP contribution in [0.3, 0.4) is 0 Å². The molecular weight excluding hydrogens is 460 g/mol. The van der Waals surface area contributed by atoms with Gasteiger partial charge in [-0.1, -0.05) is 53.0 Å². The highest BCUT2D eigenvalue weighted by atomic mass is 35.5. The molecule has 0 fully saturated rings. The van der Waals surface area contributed by atoms with E-state index in [1.165, 1.54) is 12.1 Å². The van der Waals surface area contributed by atoms with Gasteiger partial charge in [0.1, 0.15) is 12.4 Å². The summed E-state index contributed by atoms with van der Waals surface area (Å²) in [4.78, 5) is 0. The van der Waals surface area contributed by atoms with E-state index >= 15 is 0 Å². The zero-order valence-electron chi connectivity index (χ0n) is 16.5. The number of ether oxygens (including phenoxy) is 2. The first-order chi connectivity index (χ1) is 14.9. The van der Waals surface area contributed by atoms with E-state index in [1.807, 2.05) is 6.92 Å². The first kappa shape index (κ1) is 23.0. The third kappa shape index (κ3) is 5.92. The summed E-state index contributed by atoms with van der Waals surface area (Å²) >= 11 is 18.6. The van der Waals surface area contributed by atoms with Gasteiger partial charge in [0, 0.05) is 10.6 Å². The molecule has 0 heterocycles. The van der Waals surface area contributed by atoms with Gasteiger partial charge in [0.05, 0.1) is 28.3 Å². The van der Waals surface area contributed by atoms with Crippen LogP contribution < -0.4 is 9.47 Å². The van der Waals surface area contributed by atoms with Crippen LogP contribution in [0.5, 0.6) is 11.5 Å². The fourth-order valence-electron chi connectivity index (χ4n) is 2.90. The second kappa shape index (κ2) is 10.5. The number of rotatable bonds is 7. The summed E-state index contributed by atoms with van der Waals surface area (Å²) in [7, 11) is 0. The molecule has 3 aromatic rings. The van der Waals surface area contributed by atoms with Gasteiger partial charge in [-0.15, -0.1) is 0 Å². The maximum absolute atomic E-state index is 13.4. The Morgan fingerprint density at radius 1 is 1.03 bits per heavy atom. The summed E-state index contributed by atoms with van der Waals surface area (Å²) in [5.41, 5.74) is 2.18. The largest absolute Gasteiger partial charge is 0.490 e. The molecule has 7 heteroatoms. The highest BCUT2D eigenvalue weighted by molar-refractivity contribution is 6.36. The van der Waals surface area contributed by atoms with E-state index in [-0.39, 0.29) is 12.4 Å². The molecule has 3 nitrogen and oxygen atoms in total. The molecule has 158 valence electrons. The van der Waals surface area contributed by atoms with Crippen LogP contribution in [0.4, 0.5) is 4.39 Å². The van der Waals surface area contributed by atoms with E-state index in [0.29, 0.717) is 55.4 Å². The Balaban J connectivity index is 1.95. The molecule has 0 aliphatic carbocycles. The summed E-state index contributed by atoms with van der Waals surface area (Å²) in [5, 5.41) is 10.8. The van der Waals surface area contributed by atoms with Gasteiger partial charge in [-0.2, -0.15) is 5.26 Å². The molecule has 0 unspecified atom stereocenters. The smallest absolute Gasteiger partial charge is 0.180 e. The van der Waals surface area contributed by atoms with Crippen molar-refractivity contribution in [2.75, 3.05) is 6.61 Å². The minimum absolute atomic E-state index is 0.122. The fourth-order valence-corrected chi connectivity index (χ4v) is 3.69. The van der Waals surface area contributed by atoms with Gasteiger partial charge in [-0.05, 0) is 60.5 Å². The Hall–Kier alpha value is -2.71. The average molecular weight is 477 g/mol. The molecule has 0 N–H and O–H groups in total. The van der Waals surface area contributed by atoms with Gasteiger partial charge in [0.15, 0.2) is 11.5 Å². The number of benzene rings is 3. The molecule has 3 rings (SSSR count). The summed E-state index contributed by atoms with van der Waals surface area (Å²) < 4.78 is 24.9. The van der Waals surface area contributed by atoms with Crippen molar-refractivity contribution in [3.05, 3.63) is 92.2 Å². The van der Waals surface area contributed by atoms with Gasteiger partial charge < -0.3 is 9.47 Å². The van der Waals surface area contributed by atoms with Crippen molar-refractivity contribution < 1.29 is 13.9 Å². The van der Waals surface area contributed by atoms with Crippen LogP contribution in [-0.4, -0.2) is 6.61 Å². The lowest BCUT2D eigenvalue weighted by molar-refractivity contribution is 0.269. The maximum Gasteiger partial charge on any atom is 0.180 e. The van der Waals surface area contributed by atoms with Crippen LogP contribution in [-0.2, 0) is 6.61 Å². The Morgan fingerprint density at radius 3 is 2.52 bits per heavy atom. The minimum Gasteiger partial charge on any atom is -0.490 e. The SMILES string of the molecule is CCOc1cc(/C=C(\C#N)c2ccc(Cl)cc2Cl)cc(Cl)c1OCc1cccc(F)c1. The monoisotopic (exact) mass is 475 g/mol. The van der Waals surface area contributed by atoms with E-state index in [9.17, 15) is 9.65 Å². The van der Waals surface area contributed by atoms with Crippen LogP contribution in [0.15, 0.2) is 54.6 Å². The first-order valence-electron chi connectivity index (χ1n) is 9.32. The molecular formula is C24H17Cl3FNO2. The topological polar surface area (TPSA) is 42.2 Å². The molecule has 31 heavy (non-hydrogen) atoms. The van der Waals surface area contributed by atoms with Crippen molar-refractivity contribution in [2.24, 2.45) is 0 Å². The lowest BCUT2D eigenvalue weighted by atomic mass is 10.0. The molecule has 0 radical (unpaired) electrons. The Labute approximate surface area is 195 Å². The molecule has 3 aromatic carbocycles. The van der Waals surface area contributed by atoms with Crippen LogP contribution in [0.2, 0.25) is 15.1 Å². The number of halogens is 4. The van der Waals surface area contributed by atoms with Gasteiger partial charge in [-0.3, -0.25) is 0 Å². The van der Waals surface area contributed by atoms with Crippen molar-refractivity contribution in [1.82, 2.24) is 0 Å². The molecule has 0 saturated carbocycles. The highest BCUT2D eigenvalue weighted by Crippen LogP contribution is 2.38. The van der Waals surface area contributed by atoms with E-state index in [0.717, 1.165) is 0 Å². The maximum atomic E-state index is 13.4. The Kier molecular flexibility index (Phi) is 7.81. The predicted octanol–water partition coefficient (Wildman–Crippen LogP) is 7.83. The van der Waals surface area contributed by atoms with Crippen LogP contribution >= 0.6 is 34.8 Å². The highest BCUT2D eigenvalue weighted by Gasteiger charge is 2.14. The lowest BCUT2D eigenvalue weighted by Crippen LogP contribution is -2.01. The lowest BCUT2D eigenvalue weighted by Gasteiger charge is -2.15. The van der Waals surface area contributed by atoms with Gasteiger partial charge in [-0.25, -0.2) is 4.39 Å². The predicted molar refractivity (Wildman–Crippen MR) is 123 cm³/mol. The third-order valence-electron chi connectivity index (χ3n) is 4.26. The normalized spacial score (nSPS) is 11.2. The quantitative estimate of drug-likeness (QED) is 0.258. The van der Waals surface area contributed by atoms with Crippen molar-refractivity contribution in [3.8, 4) is 17.6 Å². The van der Waals surface area contributed by atoms with Crippen LogP contribution in [0, 0.1) is 17.1 Å². The summed E-state index contributed by atoms with van der Waals surface area (Å²) in [6.45, 7) is 2.34. The van der Waals surface area contributed by atoms with Gasteiger partial charge in [0.25, 0.3) is 0 Å². The molecule has 0 aliphatic heterocycles. The van der Waals surface area contributed by atoms with E-state index in [1.54, 1.807) is 48.5 Å². The van der Waals surface area contributed by atoms with Gasteiger partial charge in [0.2, 0.25) is 0 Å². The van der Waals surface area contributed by atoms with E-state index in [2.05, 4.69) is 6.07 Å². The molecule has 0 saturated heterocycles. The molecule has 0 bridgehead atoms. The number of nitrogens with zero attached hydrogens (tertiary/aromatic N) is 1. The van der Waals surface area contributed by atoms with Gasteiger partial charge >= 0.3 is 0 Å². The summed E-state index contributed by atoms with van der Waals surface area (Å²) in [6, 6.07) is 16.6. The zero-order valence-corrected chi connectivity index (χ0v) is 18.7. The van der Waals surface area contributed by atoms with Crippen molar-refractivity contribution in [3.63, 3.8) is 0 Å². The fraction of sp³-hybridized carbons (Fsp3) is 0.125. The Morgan fingerprint density at radius 2 is 1.84 bits per heavy atom. The van der Waals surface area contributed by atoms with E-state index in [4.69, 9.17) is 44.3 Å². The Bertz CT molecular complexity index is 1170. The molecule has 0 aromatic heterocycles. The number of allylic oxidation sites excluding steroid dienone is 1. The van der Waals surface area contributed by atoms with Crippen molar-refractivity contribution in [1.29, 1.82) is 5.26 Å². The molecule has 0 atom stereocenters. The molecule has 0 spiro atoms. The van der Waals surface area contributed by atoms with Crippen LogP contribution in [0.1, 0.15) is 23.6 Å². The number of hydrogen-bond acceptors (Lipinski definition) is 3. The zero-order chi connectivity index (χ0) is 22.4. The summed E-state index contributed by atoms with van der Waals surface area (Å²) in [6.07, 6.45) is 1.65. The standard InChI is InChI=1S/C24H17Cl3FNO2/c1-2-30-23-11-16(8-17(13-29)20-7-6-18(25)12-21(20)26)10-22(27)24(23)31-14-15-4-3-5-19(28)9-15/h3-12H,2,14H2,1H3/b17-8+.